The molecule has 0 unspecified atom stereocenters. The lowest BCUT2D eigenvalue weighted by atomic mass is 10.1. The van der Waals surface area contributed by atoms with E-state index in [2.05, 4.69) is 12.3 Å². The third kappa shape index (κ3) is 9.03. The lowest BCUT2D eigenvalue weighted by Crippen LogP contribution is -2.40. The van der Waals surface area contributed by atoms with Crippen LogP contribution in [0.5, 0.6) is 0 Å². The molecule has 7 nitrogen and oxygen atoms in total. The highest BCUT2D eigenvalue weighted by molar-refractivity contribution is 5.84. The molecule has 88 valence electrons. The third-order valence-electron chi connectivity index (χ3n) is 1.27. The normalized spacial score (nSPS) is 15.2. The van der Waals surface area contributed by atoms with Gasteiger partial charge in [0.25, 0.3) is 0 Å². The number of aliphatic hydroxyl groups is 4. The molecule has 15 heavy (non-hydrogen) atoms. The van der Waals surface area contributed by atoms with Gasteiger partial charge in [-0.15, -0.1) is 0 Å². The van der Waals surface area contributed by atoms with Gasteiger partial charge in [-0.05, 0) is 6.08 Å². The van der Waals surface area contributed by atoms with Crippen LogP contribution in [0.3, 0.4) is 0 Å². The van der Waals surface area contributed by atoms with Crippen molar-refractivity contribution in [3.05, 3.63) is 12.7 Å². The maximum absolute atomic E-state index is 9.76. The molecular weight excluding hydrogens is 206 g/mol. The Morgan fingerprint density at radius 2 is 1.80 bits per heavy atom. The lowest BCUT2D eigenvalue weighted by molar-refractivity contribution is -0.127. The van der Waals surface area contributed by atoms with Gasteiger partial charge < -0.3 is 31.0 Å². The summed E-state index contributed by atoms with van der Waals surface area (Å²) >= 11 is 0. The molecule has 0 radical (unpaired) electrons. The maximum atomic E-state index is 9.76. The molecule has 0 heterocycles. The van der Waals surface area contributed by atoms with Crippen molar-refractivity contribution in [1.29, 1.82) is 0 Å². The van der Waals surface area contributed by atoms with Crippen molar-refractivity contribution in [2.24, 2.45) is 5.73 Å². The van der Waals surface area contributed by atoms with E-state index < -0.39 is 30.8 Å². The van der Waals surface area contributed by atoms with E-state index in [0.717, 1.165) is 6.08 Å². The lowest BCUT2D eigenvalue weighted by Gasteiger charge is -2.16. The number of aldehydes is 1. The van der Waals surface area contributed by atoms with E-state index >= 15 is 0 Å². The fraction of sp³-hybridized carbons (Fsp3) is 0.500. The van der Waals surface area contributed by atoms with Crippen LogP contribution >= 0.6 is 0 Å². The van der Waals surface area contributed by atoms with Crippen LogP contribution in [0.15, 0.2) is 12.7 Å². The maximum Gasteiger partial charge on any atom is 0.240 e. The molecule has 1 amide bonds. The van der Waals surface area contributed by atoms with Gasteiger partial charge in [-0.25, -0.2) is 0 Å². The molecule has 0 saturated carbocycles. The Kier molecular flexibility index (Phi) is 10.0. The van der Waals surface area contributed by atoms with E-state index in [1.807, 2.05) is 0 Å². The number of hydrogen-bond donors (Lipinski definition) is 5. The van der Waals surface area contributed by atoms with E-state index in [0.29, 0.717) is 0 Å². The van der Waals surface area contributed by atoms with Crippen molar-refractivity contribution < 1.29 is 30.0 Å². The highest BCUT2D eigenvalue weighted by atomic mass is 16.4. The first kappa shape index (κ1) is 16.2. The Bertz CT molecular complexity index is 207. The fourth-order valence-electron chi connectivity index (χ4n) is 0.416. The monoisotopic (exact) mass is 221 g/mol. The van der Waals surface area contributed by atoms with Crippen LogP contribution in [0.4, 0.5) is 0 Å². The van der Waals surface area contributed by atoms with Crippen LogP contribution in [-0.4, -0.2) is 57.5 Å². The van der Waals surface area contributed by atoms with Crippen LogP contribution in [-0.2, 0) is 9.59 Å². The second-order valence-corrected chi connectivity index (χ2v) is 2.47. The molecule has 0 rings (SSSR count). The second-order valence-electron chi connectivity index (χ2n) is 2.47. The summed E-state index contributed by atoms with van der Waals surface area (Å²) in [6.45, 7) is 2.40. The average Bonchev–Trinajstić information content (AvgIpc) is 2.26. The third-order valence-corrected chi connectivity index (χ3v) is 1.27. The Morgan fingerprint density at radius 1 is 1.40 bits per heavy atom. The first-order valence-electron chi connectivity index (χ1n) is 3.92. The first-order chi connectivity index (χ1) is 6.90. The van der Waals surface area contributed by atoms with E-state index in [1.165, 1.54) is 0 Å². The van der Waals surface area contributed by atoms with E-state index in [-0.39, 0.29) is 6.29 Å². The largest absolute Gasteiger partial charge is 0.394 e. The van der Waals surface area contributed by atoms with Crippen molar-refractivity contribution in [2.45, 2.75) is 18.3 Å². The zero-order valence-electron chi connectivity index (χ0n) is 7.98. The van der Waals surface area contributed by atoms with Crippen LogP contribution in [0.25, 0.3) is 0 Å². The number of carbonyl (C=O) groups is 2. The number of aliphatic hydroxyl groups excluding tert-OH is 4. The van der Waals surface area contributed by atoms with Gasteiger partial charge >= 0.3 is 0 Å². The molecule has 0 aliphatic heterocycles. The Labute approximate surface area is 86.4 Å². The zero-order chi connectivity index (χ0) is 12.4. The van der Waals surface area contributed by atoms with Crippen LogP contribution in [0, 0.1) is 0 Å². The predicted molar refractivity (Wildman–Crippen MR) is 50.6 cm³/mol. The van der Waals surface area contributed by atoms with Gasteiger partial charge in [-0.1, -0.05) is 6.58 Å². The summed E-state index contributed by atoms with van der Waals surface area (Å²) in [5.41, 5.74) is 4.53. The molecule has 0 aliphatic rings. The zero-order valence-corrected chi connectivity index (χ0v) is 7.98. The summed E-state index contributed by atoms with van der Waals surface area (Å²) in [6, 6.07) is 0. The standard InChI is InChI=1S/C5H10O5.C3H5NO/c6-1-3(8)5(10)4(9)2-7;1-2-3(4)5/h1,3-5,7-10H,2H2;2H,1H2,(H2,4,5)/t3-,4+,5-;/m0./s1. The van der Waals surface area contributed by atoms with E-state index in [4.69, 9.17) is 20.4 Å². The molecule has 0 aromatic carbocycles. The number of primary amides is 1. The molecule has 3 atom stereocenters. The first-order valence-corrected chi connectivity index (χ1v) is 3.92. The van der Waals surface area contributed by atoms with Crippen molar-refractivity contribution in [2.75, 3.05) is 6.61 Å². The average molecular weight is 221 g/mol. The quantitative estimate of drug-likeness (QED) is 0.246. The number of hydrogen-bond acceptors (Lipinski definition) is 6. The minimum absolute atomic E-state index is 0.0869. The fourth-order valence-corrected chi connectivity index (χ4v) is 0.416. The van der Waals surface area contributed by atoms with E-state index in [1.54, 1.807) is 0 Å². The van der Waals surface area contributed by atoms with Crippen LogP contribution in [0.2, 0.25) is 0 Å². The van der Waals surface area contributed by atoms with Crippen molar-refractivity contribution in [3.63, 3.8) is 0 Å². The molecule has 0 spiro atoms. The number of nitrogens with two attached hydrogens (primary N) is 1. The number of rotatable bonds is 5. The minimum Gasteiger partial charge on any atom is -0.394 e. The van der Waals surface area contributed by atoms with Crippen LogP contribution < -0.4 is 5.73 Å². The number of carbonyl (C=O) groups excluding carboxylic acids is 2. The summed E-state index contributed by atoms with van der Waals surface area (Å²) in [7, 11) is 0. The van der Waals surface area contributed by atoms with Gasteiger partial charge in [0.1, 0.15) is 18.3 Å². The molecule has 0 fully saturated rings. The van der Waals surface area contributed by atoms with Crippen molar-refractivity contribution >= 4 is 12.2 Å². The molecule has 6 N–H and O–H groups in total. The van der Waals surface area contributed by atoms with Gasteiger partial charge in [-0.3, -0.25) is 4.79 Å². The number of amides is 1. The predicted octanol–water partition coefficient (Wildman–Crippen LogP) is -3.08. The molecule has 7 heteroatoms. The summed E-state index contributed by atoms with van der Waals surface area (Å²) in [4.78, 5) is 19.2. The van der Waals surface area contributed by atoms with Gasteiger partial charge in [0.15, 0.2) is 6.29 Å². The Hall–Kier alpha value is -1.28. The summed E-state index contributed by atoms with van der Waals surface area (Å²) in [5, 5.41) is 34.1. The van der Waals surface area contributed by atoms with Gasteiger partial charge in [0, 0.05) is 0 Å². The highest BCUT2D eigenvalue weighted by Gasteiger charge is 2.22. The van der Waals surface area contributed by atoms with Gasteiger partial charge in [-0.2, -0.15) is 0 Å². The minimum atomic E-state index is -1.64. The smallest absolute Gasteiger partial charge is 0.240 e. The second kappa shape index (κ2) is 9.28. The summed E-state index contributed by atoms with van der Waals surface area (Å²) in [5.74, 6) is -0.481. The SMILES string of the molecule is C=CC(N)=O.O=C[C@H](O)[C@H](O)[C@H](O)CO. The Balaban J connectivity index is 0. The summed E-state index contributed by atoms with van der Waals surface area (Å²) in [6.07, 6.45) is -3.58. The molecule has 0 aliphatic carbocycles. The molecule has 0 saturated heterocycles. The van der Waals surface area contributed by atoms with Gasteiger partial charge in [0.2, 0.25) is 5.91 Å². The van der Waals surface area contributed by atoms with Crippen molar-refractivity contribution in [3.8, 4) is 0 Å². The summed E-state index contributed by atoms with van der Waals surface area (Å²) < 4.78 is 0. The van der Waals surface area contributed by atoms with Crippen LogP contribution in [0.1, 0.15) is 0 Å². The highest BCUT2D eigenvalue weighted by Crippen LogP contribution is 1.96. The molecule has 0 aromatic heterocycles. The molecule has 0 aromatic rings. The molecule has 0 bridgehead atoms. The topological polar surface area (TPSA) is 141 Å². The molecular formula is C8H15NO6. The van der Waals surface area contributed by atoms with E-state index in [9.17, 15) is 9.59 Å². The van der Waals surface area contributed by atoms with Gasteiger partial charge in [0.05, 0.1) is 6.61 Å². The Morgan fingerprint density at radius 3 is 2.00 bits per heavy atom. The van der Waals surface area contributed by atoms with Crippen molar-refractivity contribution in [1.82, 2.24) is 0 Å².